The minimum absolute atomic E-state index is 0. The Labute approximate surface area is 84.9 Å². The Bertz CT molecular complexity index is 356. The Kier molecular flexibility index (Phi) is 3.19. The molecule has 0 atom stereocenters. The molecule has 0 spiro atoms. The molecule has 0 amide bonds. The molecule has 68 valence electrons. The lowest BCUT2D eigenvalue weighted by Crippen LogP contribution is -1.76. The van der Waals surface area contributed by atoms with Gasteiger partial charge in [-0.05, 0) is 24.3 Å². The zero-order valence-electron chi connectivity index (χ0n) is 6.07. The molecule has 3 nitrogen and oxygen atoms in total. The lowest BCUT2D eigenvalue weighted by Gasteiger charge is -1.92. The van der Waals surface area contributed by atoms with E-state index in [-0.39, 0.29) is 7.43 Å². The molecule has 0 aliphatic rings. The fourth-order valence-electron chi connectivity index (χ4n) is 0.891. The van der Waals surface area contributed by atoms with Crippen molar-refractivity contribution in [1.29, 1.82) is 0 Å². The van der Waals surface area contributed by atoms with Crippen LogP contribution in [0.4, 0.5) is 0 Å². The number of hydrogen-bond donors (Lipinski definition) is 0. The largest absolute Gasteiger partial charge is 0.423 e. The van der Waals surface area contributed by atoms with Crippen LogP contribution in [-0.2, 0) is 0 Å². The molecule has 1 aromatic carbocycles. The zero-order chi connectivity index (χ0) is 8.39. The molecule has 1 aromatic heterocycles. The highest BCUT2D eigenvalue weighted by molar-refractivity contribution is 9.10. The van der Waals surface area contributed by atoms with Gasteiger partial charge in [-0.3, -0.25) is 0 Å². The van der Waals surface area contributed by atoms with E-state index < -0.39 is 0 Å². The number of nitrogens with zero attached hydrogens (tertiary/aromatic N) is 2. The summed E-state index contributed by atoms with van der Waals surface area (Å²) in [6.07, 6.45) is 1.32. The van der Waals surface area contributed by atoms with E-state index in [4.69, 9.17) is 4.42 Å². The van der Waals surface area contributed by atoms with E-state index >= 15 is 0 Å². The third kappa shape index (κ3) is 2.15. The van der Waals surface area contributed by atoms with Crippen LogP contribution in [0.2, 0.25) is 0 Å². The highest BCUT2D eigenvalue weighted by atomic mass is 79.9. The molecular formula is C9H9BrN2O. The maximum absolute atomic E-state index is 5.02. The predicted molar refractivity (Wildman–Crippen MR) is 54.2 cm³/mol. The third-order valence-corrected chi connectivity index (χ3v) is 1.98. The second kappa shape index (κ2) is 4.18. The average molecular weight is 242 g/mol. The first-order valence-corrected chi connectivity index (χ1v) is 4.17. The average Bonchev–Trinajstić information content (AvgIpc) is 2.58. The Morgan fingerprint density at radius 2 is 1.85 bits per heavy atom. The Morgan fingerprint density at radius 3 is 2.38 bits per heavy atom. The van der Waals surface area contributed by atoms with Gasteiger partial charge in [0.25, 0.3) is 0 Å². The molecule has 0 fully saturated rings. The van der Waals surface area contributed by atoms with Crippen molar-refractivity contribution in [2.75, 3.05) is 0 Å². The number of benzene rings is 1. The van der Waals surface area contributed by atoms with Gasteiger partial charge in [0.1, 0.15) is 0 Å². The minimum atomic E-state index is 0. The van der Waals surface area contributed by atoms with Gasteiger partial charge >= 0.3 is 0 Å². The normalized spacial score (nSPS) is 9.31. The van der Waals surface area contributed by atoms with Crippen molar-refractivity contribution >= 4 is 15.9 Å². The summed E-state index contributed by atoms with van der Waals surface area (Å²) in [4.78, 5) is 0. The molecule has 0 saturated carbocycles. The van der Waals surface area contributed by atoms with Gasteiger partial charge in [-0.15, -0.1) is 10.2 Å². The maximum Gasteiger partial charge on any atom is 0.247 e. The van der Waals surface area contributed by atoms with E-state index in [1.165, 1.54) is 6.39 Å². The first-order valence-electron chi connectivity index (χ1n) is 3.38. The predicted octanol–water partition coefficient (Wildman–Crippen LogP) is 3.14. The van der Waals surface area contributed by atoms with E-state index in [0.717, 1.165) is 10.0 Å². The van der Waals surface area contributed by atoms with Crippen molar-refractivity contribution in [3.8, 4) is 11.5 Å². The number of aromatic nitrogens is 2. The Morgan fingerprint density at radius 1 is 1.15 bits per heavy atom. The van der Waals surface area contributed by atoms with Gasteiger partial charge < -0.3 is 4.42 Å². The molecule has 0 aliphatic heterocycles. The molecule has 0 N–H and O–H groups in total. The standard InChI is InChI=1S/C8H5BrN2O.CH4/c9-7-3-1-6(2-4-7)8-11-10-5-12-8;/h1-5H;1H4/i;1+1. The molecule has 1 heterocycles. The number of halogens is 1. The van der Waals surface area contributed by atoms with Gasteiger partial charge in [0.05, 0.1) is 0 Å². The first kappa shape index (κ1) is 9.92. The van der Waals surface area contributed by atoms with Gasteiger partial charge in [-0.1, -0.05) is 23.4 Å². The van der Waals surface area contributed by atoms with E-state index in [2.05, 4.69) is 26.1 Å². The van der Waals surface area contributed by atoms with Crippen LogP contribution in [0.3, 0.4) is 0 Å². The quantitative estimate of drug-likeness (QED) is 0.721. The summed E-state index contributed by atoms with van der Waals surface area (Å²) in [6.45, 7) is 0. The van der Waals surface area contributed by atoms with E-state index in [1.807, 2.05) is 24.3 Å². The second-order valence-electron chi connectivity index (χ2n) is 2.25. The molecule has 0 radical (unpaired) electrons. The van der Waals surface area contributed by atoms with Crippen LogP contribution in [0.15, 0.2) is 39.5 Å². The Balaban J connectivity index is 0.000000845. The number of rotatable bonds is 1. The van der Waals surface area contributed by atoms with Crippen LogP contribution in [0, 0.1) is 0 Å². The maximum atomic E-state index is 5.02. The van der Waals surface area contributed by atoms with Gasteiger partial charge in [-0.2, -0.15) is 0 Å². The lowest BCUT2D eigenvalue weighted by molar-refractivity contribution is 0.568. The zero-order valence-corrected chi connectivity index (χ0v) is 7.65. The molecule has 0 bridgehead atoms. The van der Waals surface area contributed by atoms with Crippen molar-refractivity contribution in [2.45, 2.75) is 7.43 Å². The fraction of sp³-hybridized carbons (Fsp3) is 0.111. The SMILES string of the molecule is Brc1ccc(-c2nnco2)cc1.[13CH4]. The van der Waals surface area contributed by atoms with Crippen LogP contribution < -0.4 is 0 Å². The molecule has 13 heavy (non-hydrogen) atoms. The van der Waals surface area contributed by atoms with Gasteiger partial charge in [0.2, 0.25) is 12.3 Å². The summed E-state index contributed by atoms with van der Waals surface area (Å²) < 4.78 is 6.05. The lowest BCUT2D eigenvalue weighted by atomic mass is 10.2. The van der Waals surface area contributed by atoms with Crippen molar-refractivity contribution in [1.82, 2.24) is 10.2 Å². The van der Waals surface area contributed by atoms with Gasteiger partial charge in [0, 0.05) is 10.0 Å². The Hall–Kier alpha value is -1.16. The van der Waals surface area contributed by atoms with Crippen LogP contribution in [0.1, 0.15) is 7.43 Å². The molecule has 0 saturated heterocycles. The molecule has 2 rings (SSSR count). The van der Waals surface area contributed by atoms with Crippen molar-refractivity contribution in [3.63, 3.8) is 0 Å². The number of hydrogen-bond acceptors (Lipinski definition) is 3. The van der Waals surface area contributed by atoms with E-state index in [9.17, 15) is 0 Å². The summed E-state index contributed by atoms with van der Waals surface area (Å²) >= 11 is 3.34. The van der Waals surface area contributed by atoms with Crippen molar-refractivity contribution in [2.24, 2.45) is 0 Å². The highest BCUT2D eigenvalue weighted by Gasteiger charge is 2.01. The summed E-state index contributed by atoms with van der Waals surface area (Å²) in [5.74, 6) is 0.544. The highest BCUT2D eigenvalue weighted by Crippen LogP contribution is 2.18. The smallest absolute Gasteiger partial charge is 0.247 e. The summed E-state index contributed by atoms with van der Waals surface area (Å²) in [6, 6.07) is 7.69. The molecule has 4 heteroatoms. The van der Waals surface area contributed by atoms with Crippen LogP contribution in [0.25, 0.3) is 11.5 Å². The summed E-state index contributed by atoms with van der Waals surface area (Å²) in [7, 11) is 0. The summed E-state index contributed by atoms with van der Waals surface area (Å²) in [5.41, 5.74) is 0.927. The van der Waals surface area contributed by atoms with E-state index in [0.29, 0.717) is 5.89 Å². The molecule has 0 aliphatic carbocycles. The minimum Gasteiger partial charge on any atom is -0.423 e. The van der Waals surface area contributed by atoms with Crippen LogP contribution >= 0.6 is 15.9 Å². The van der Waals surface area contributed by atoms with Crippen molar-refractivity contribution < 1.29 is 4.42 Å². The van der Waals surface area contributed by atoms with Crippen LogP contribution in [0.5, 0.6) is 0 Å². The van der Waals surface area contributed by atoms with E-state index in [1.54, 1.807) is 0 Å². The molecule has 2 aromatic rings. The monoisotopic (exact) mass is 241 g/mol. The second-order valence-corrected chi connectivity index (χ2v) is 3.17. The molecular weight excluding hydrogens is 233 g/mol. The third-order valence-electron chi connectivity index (χ3n) is 1.45. The topological polar surface area (TPSA) is 38.9 Å². The fourth-order valence-corrected chi connectivity index (χ4v) is 1.16. The van der Waals surface area contributed by atoms with Crippen LogP contribution in [-0.4, -0.2) is 10.2 Å². The van der Waals surface area contributed by atoms with Gasteiger partial charge in [-0.25, -0.2) is 0 Å². The summed E-state index contributed by atoms with van der Waals surface area (Å²) in [5, 5.41) is 7.38. The molecule has 0 unspecified atom stereocenters. The van der Waals surface area contributed by atoms with Crippen molar-refractivity contribution in [3.05, 3.63) is 35.1 Å². The van der Waals surface area contributed by atoms with Gasteiger partial charge in [0.15, 0.2) is 0 Å². The first-order chi connectivity index (χ1) is 5.86.